The predicted octanol–water partition coefficient (Wildman–Crippen LogP) is 4.99. The molecule has 6 heteroatoms. The number of ether oxygens (including phenoxy) is 3. The highest BCUT2D eigenvalue weighted by Gasteiger charge is 2.52. The summed E-state index contributed by atoms with van der Waals surface area (Å²) in [6.07, 6.45) is 9.05. The highest BCUT2D eigenvalue weighted by atomic mass is 16.8. The Labute approximate surface area is 200 Å². The van der Waals surface area contributed by atoms with Crippen molar-refractivity contribution >= 4 is 5.97 Å². The van der Waals surface area contributed by atoms with Crippen LogP contribution in [0.1, 0.15) is 72.6 Å². The molecular weight excluding hydrogens is 430 g/mol. The van der Waals surface area contributed by atoms with Crippen molar-refractivity contribution in [1.29, 1.82) is 0 Å². The van der Waals surface area contributed by atoms with Gasteiger partial charge in [0, 0.05) is 24.4 Å². The Morgan fingerprint density at radius 3 is 2.38 bits per heavy atom. The molecule has 0 amide bonds. The third-order valence-corrected chi connectivity index (χ3v) is 7.65. The minimum atomic E-state index is -0.996. The van der Waals surface area contributed by atoms with Crippen molar-refractivity contribution in [2.24, 2.45) is 17.8 Å². The lowest BCUT2D eigenvalue weighted by atomic mass is 9.48. The van der Waals surface area contributed by atoms with E-state index >= 15 is 0 Å². The first-order valence-electron chi connectivity index (χ1n) is 12.1. The van der Waals surface area contributed by atoms with Crippen LogP contribution in [0.4, 0.5) is 0 Å². The second-order valence-corrected chi connectivity index (χ2v) is 9.99. The molecule has 1 unspecified atom stereocenters. The van der Waals surface area contributed by atoms with Crippen molar-refractivity contribution in [2.45, 2.75) is 57.3 Å². The first-order chi connectivity index (χ1) is 16.5. The maximum Gasteiger partial charge on any atom is 0.337 e. The molecule has 1 atom stereocenters. The highest BCUT2D eigenvalue weighted by Crippen LogP contribution is 2.62. The topological polar surface area (TPSA) is 77.9 Å². The standard InChI is InChI=1S/C28H31NO5/c1-3-33-27(32-2)34-25-9-5-18(4-7-23-8-6-22(17-29-23)26(30)31)13-24(25)28-14-19-10-20(15-28)12-21(11-19)16-28/h5-6,8-9,13,17,19-21,27H,3,10-12,14-16H2,1-2H3,(H,30,31). The molecule has 4 fully saturated rings. The molecule has 4 saturated carbocycles. The molecule has 34 heavy (non-hydrogen) atoms. The number of methoxy groups -OCH3 is 1. The van der Waals surface area contributed by atoms with Crippen LogP contribution in [-0.2, 0) is 14.9 Å². The SMILES string of the molecule is CCOC(OC)Oc1ccc(C#Cc2ccc(C(=O)O)cn2)cc1C12CC3CC(CC(C3)C1)C2. The third kappa shape index (κ3) is 4.55. The molecule has 1 N–H and O–H groups in total. The van der Waals surface area contributed by atoms with Crippen molar-refractivity contribution in [3.05, 3.63) is 58.9 Å². The fourth-order valence-electron chi connectivity index (χ4n) is 6.69. The zero-order chi connectivity index (χ0) is 23.7. The normalized spacial score (nSPS) is 27.6. The van der Waals surface area contributed by atoms with E-state index in [-0.39, 0.29) is 11.0 Å². The second-order valence-electron chi connectivity index (χ2n) is 9.99. The van der Waals surface area contributed by atoms with Gasteiger partial charge >= 0.3 is 12.4 Å². The Kier molecular flexibility index (Phi) is 6.33. The summed E-state index contributed by atoms with van der Waals surface area (Å²) in [4.78, 5) is 15.2. The Morgan fingerprint density at radius 2 is 1.82 bits per heavy atom. The number of aromatic carboxylic acids is 1. The summed E-state index contributed by atoms with van der Waals surface area (Å²) >= 11 is 0. The van der Waals surface area contributed by atoms with Gasteiger partial charge in [0.05, 0.1) is 12.2 Å². The number of pyridine rings is 1. The molecule has 0 spiro atoms. The molecule has 4 bridgehead atoms. The quantitative estimate of drug-likeness (QED) is 0.462. The second kappa shape index (κ2) is 9.40. The lowest BCUT2D eigenvalue weighted by Gasteiger charge is -2.57. The minimum Gasteiger partial charge on any atom is -0.478 e. The molecule has 2 aromatic rings. The van der Waals surface area contributed by atoms with Crippen LogP contribution in [0, 0.1) is 29.6 Å². The Balaban J connectivity index is 1.49. The molecule has 178 valence electrons. The van der Waals surface area contributed by atoms with Gasteiger partial charge in [0.15, 0.2) is 0 Å². The van der Waals surface area contributed by atoms with Crippen molar-refractivity contribution in [2.75, 3.05) is 13.7 Å². The molecule has 6 nitrogen and oxygen atoms in total. The van der Waals surface area contributed by atoms with E-state index in [2.05, 4.69) is 22.9 Å². The summed E-state index contributed by atoms with van der Waals surface area (Å²) in [5.74, 6) is 8.52. The third-order valence-electron chi connectivity index (χ3n) is 7.65. The van der Waals surface area contributed by atoms with Crippen LogP contribution in [0.25, 0.3) is 0 Å². The smallest absolute Gasteiger partial charge is 0.337 e. The van der Waals surface area contributed by atoms with Crippen molar-refractivity contribution in [1.82, 2.24) is 4.98 Å². The first kappa shape index (κ1) is 22.9. The minimum absolute atomic E-state index is 0.119. The number of rotatable bonds is 7. The molecule has 1 aromatic heterocycles. The Morgan fingerprint density at radius 1 is 1.12 bits per heavy atom. The van der Waals surface area contributed by atoms with Crippen LogP contribution in [0.2, 0.25) is 0 Å². The van der Waals surface area contributed by atoms with Crippen molar-refractivity contribution in [3.8, 4) is 17.6 Å². The number of benzene rings is 1. The maximum atomic E-state index is 11.1. The van der Waals surface area contributed by atoms with Crippen LogP contribution in [0.3, 0.4) is 0 Å². The number of carboxylic acid groups (broad SMARTS) is 1. The first-order valence-corrected chi connectivity index (χ1v) is 12.1. The van der Waals surface area contributed by atoms with Gasteiger partial charge in [0.2, 0.25) is 0 Å². The fourth-order valence-corrected chi connectivity index (χ4v) is 6.69. The average Bonchev–Trinajstić information content (AvgIpc) is 2.82. The molecule has 0 radical (unpaired) electrons. The summed E-state index contributed by atoms with van der Waals surface area (Å²) < 4.78 is 17.2. The lowest BCUT2D eigenvalue weighted by Crippen LogP contribution is -2.48. The van der Waals surface area contributed by atoms with Gasteiger partial charge in [0.25, 0.3) is 0 Å². The van der Waals surface area contributed by atoms with Gasteiger partial charge in [-0.2, -0.15) is 0 Å². The average molecular weight is 462 g/mol. The van der Waals surface area contributed by atoms with Gasteiger partial charge in [-0.3, -0.25) is 0 Å². The van der Waals surface area contributed by atoms with Crippen molar-refractivity contribution in [3.63, 3.8) is 0 Å². The zero-order valence-corrected chi connectivity index (χ0v) is 19.8. The Hall–Kier alpha value is -2.88. The number of hydrogen-bond donors (Lipinski definition) is 1. The molecule has 4 aliphatic carbocycles. The van der Waals surface area contributed by atoms with Gasteiger partial charge in [-0.15, -0.1) is 0 Å². The lowest BCUT2D eigenvalue weighted by molar-refractivity contribution is -0.231. The van der Waals surface area contributed by atoms with Gasteiger partial charge in [-0.25, -0.2) is 9.78 Å². The summed E-state index contributed by atoms with van der Waals surface area (Å²) in [5, 5.41) is 9.06. The van der Waals surface area contributed by atoms with E-state index in [1.807, 2.05) is 19.1 Å². The monoisotopic (exact) mass is 461 g/mol. The molecular formula is C28H31NO5. The predicted molar refractivity (Wildman–Crippen MR) is 127 cm³/mol. The maximum absolute atomic E-state index is 11.1. The number of carboxylic acids is 1. The van der Waals surface area contributed by atoms with E-state index < -0.39 is 12.4 Å². The van der Waals surface area contributed by atoms with E-state index in [4.69, 9.17) is 19.3 Å². The molecule has 4 aliphatic rings. The number of carbonyl (C=O) groups is 1. The summed E-state index contributed by atoms with van der Waals surface area (Å²) in [5.41, 5.74) is 2.92. The molecule has 0 saturated heterocycles. The van der Waals surface area contributed by atoms with Gasteiger partial charge in [-0.1, -0.05) is 5.92 Å². The molecule has 6 rings (SSSR count). The molecule has 1 aromatic carbocycles. The summed E-state index contributed by atoms with van der Waals surface area (Å²) in [7, 11) is 1.59. The summed E-state index contributed by atoms with van der Waals surface area (Å²) in [6, 6.07) is 9.29. The Bertz CT molecular complexity index is 1080. The van der Waals surface area contributed by atoms with E-state index in [9.17, 15) is 4.79 Å². The largest absolute Gasteiger partial charge is 0.478 e. The van der Waals surface area contributed by atoms with Crippen LogP contribution < -0.4 is 4.74 Å². The zero-order valence-electron chi connectivity index (χ0n) is 19.8. The number of nitrogens with zero attached hydrogens (tertiary/aromatic N) is 1. The van der Waals surface area contributed by atoms with E-state index in [1.54, 1.807) is 13.2 Å². The van der Waals surface area contributed by atoms with E-state index in [1.165, 1.54) is 56.4 Å². The van der Waals surface area contributed by atoms with Crippen LogP contribution in [0.15, 0.2) is 36.5 Å². The number of aromatic nitrogens is 1. The van der Waals surface area contributed by atoms with Crippen LogP contribution >= 0.6 is 0 Å². The van der Waals surface area contributed by atoms with Gasteiger partial charge in [-0.05, 0) is 105 Å². The van der Waals surface area contributed by atoms with E-state index in [0.717, 1.165) is 29.1 Å². The fraction of sp³-hybridized carbons (Fsp3) is 0.500. The van der Waals surface area contributed by atoms with Crippen molar-refractivity contribution < 1.29 is 24.1 Å². The summed E-state index contributed by atoms with van der Waals surface area (Å²) in [6.45, 7) is 1.68. The highest BCUT2D eigenvalue weighted by molar-refractivity contribution is 5.87. The van der Waals surface area contributed by atoms with Gasteiger partial charge < -0.3 is 19.3 Å². The number of hydrogen-bond acceptors (Lipinski definition) is 5. The van der Waals surface area contributed by atoms with Crippen LogP contribution in [0.5, 0.6) is 5.75 Å². The molecule has 1 heterocycles. The van der Waals surface area contributed by atoms with E-state index in [0.29, 0.717) is 12.3 Å². The molecule has 0 aliphatic heterocycles. The van der Waals surface area contributed by atoms with Gasteiger partial charge in [0.1, 0.15) is 11.4 Å². The van der Waals surface area contributed by atoms with Crippen LogP contribution in [-0.4, -0.2) is 36.3 Å².